The van der Waals surface area contributed by atoms with Crippen LogP contribution in [0.2, 0.25) is 0 Å². The zero-order valence-electron chi connectivity index (χ0n) is 9.79. The zero-order chi connectivity index (χ0) is 10.2. The van der Waals surface area contributed by atoms with Crippen molar-refractivity contribution in [1.29, 1.82) is 0 Å². The molecule has 0 atom stereocenters. The van der Waals surface area contributed by atoms with Crippen LogP contribution in [-0.4, -0.2) is 0 Å². The summed E-state index contributed by atoms with van der Waals surface area (Å²) in [5.74, 6) is 0. The molecule has 0 amide bonds. The molecule has 2 rings (SSSR count). The van der Waals surface area contributed by atoms with E-state index >= 15 is 0 Å². The topological polar surface area (TPSA) is 0 Å². The Kier molecular flexibility index (Phi) is 12.7. The molecular weight excluding hydrogens is 278 g/mol. The summed E-state index contributed by atoms with van der Waals surface area (Å²) in [5, 5.41) is 0. The van der Waals surface area contributed by atoms with Gasteiger partial charge in [-0.25, -0.2) is 24.3 Å². The molecule has 0 saturated carbocycles. The van der Waals surface area contributed by atoms with Crippen molar-refractivity contribution in [2.75, 3.05) is 0 Å². The van der Waals surface area contributed by atoms with Crippen LogP contribution in [0, 0.1) is 0 Å². The minimum Gasteiger partial charge on any atom is -0.213 e. The van der Waals surface area contributed by atoms with Crippen molar-refractivity contribution in [3.63, 3.8) is 0 Å². The molecule has 0 saturated heterocycles. The largest absolute Gasteiger partial charge is 2.00 e. The van der Waals surface area contributed by atoms with Gasteiger partial charge in [-0.2, -0.15) is 35.4 Å². The third-order valence-electron chi connectivity index (χ3n) is 2.28. The fourth-order valence-corrected chi connectivity index (χ4v) is 1.30. The molecule has 16 heavy (non-hydrogen) atoms. The van der Waals surface area contributed by atoms with Crippen LogP contribution in [0.1, 0.15) is 25.0 Å². The fraction of sp³-hybridized carbons (Fsp3) is 0.286. The van der Waals surface area contributed by atoms with E-state index in [1.54, 1.807) is 0 Å². The van der Waals surface area contributed by atoms with E-state index in [2.05, 4.69) is 62.4 Å². The quantitative estimate of drug-likeness (QED) is 0.582. The Morgan fingerprint density at radius 1 is 0.688 bits per heavy atom. The SMILES string of the molecule is CC[c-]1cccc1.CC[c-]1cccc1.[Mn+2].[Mn]. The molecule has 88 valence electrons. The van der Waals surface area contributed by atoms with Crippen LogP contribution in [0.25, 0.3) is 0 Å². The molecule has 0 aliphatic carbocycles. The summed E-state index contributed by atoms with van der Waals surface area (Å²) in [4.78, 5) is 0. The van der Waals surface area contributed by atoms with Crippen LogP contribution in [0.15, 0.2) is 48.5 Å². The summed E-state index contributed by atoms with van der Waals surface area (Å²) in [5.41, 5.74) is 2.86. The smallest absolute Gasteiger partial charge is 0.213 e. The predicted octanol–water partition coefficient (Wildman–Crippen LogP) is 3.93. The Morgan fingerprint density at radius 2 is 0.938 bits per heavy atom. The van der Waals surface area contributed by atoms with Gasteiger partial charge in [0.15, 0.2) is 0 Å². The van der Waals surface area contributed by atoms with E-state index in [0.29, 0.717) is 0 Å². The summed E-state index contributed by atoms with van der Waals surface area (Å²) in [6, 6.07) is 16.8. The maximum Gasteiger partial charge on any atom is 2.00 e. The van der Waals surface area contributed by atoms with Crippen molar-refractivity contribution in [3.8, 4) is 0 Å². The third kappa shape index (κ3) is 7.09. The second kappa shape index (κ2) is 11.2. The Balaban J connectivity index is 0. The van der Waals surface area contributed by atoms with E-state index in [-0.39, 0.29) is 34.1 Å². The van der Waals surface area contributed by atoms with Gasteiger partial charge in [0.2, 0.25) is 0 Å². The number of hydrogen-bond acceptors (Lipinski definition) is 0. The van der Waals surface area contributed by atoms with E-state index < -0.39 is 0 Å². The van der Waals surface area contributed by atoms with Crippen molar-refractivity contribution in [1.82, 2.24) is 0 Å². The Labute approximate surface area is 120 Å². The van der Waals surface area contributed by atoms with Crippen molar-refractivity contribution >= 4 is 0 Å². The second-order valence-electron chi connectivity index (χ2n) is 3.29. The summed E-state index contributed by atoms with van der Waals surface area (Å²) < 4.78 is 0. The average Bonchev–Trinajstić information content (AvgIpc) is 2.92. The summed E-state index contributed by atoms with van der Waals surface area (Å²) in [7, 11) is 0. The predicted molar refractivity (Wildman–Crippen MR) is 62.8 cm³/mol. The first-order valence-corrected chi connectivity index (χ1v) is 5.28. The van der Waals surface area contributed by atoms with Gasteiger partial charge in [-0.15, -0.1) is 0 Å². The van der Waals surface area contributed by atoms with Crippen LogP contribution < -0.4 is 0 Å². The fourth-order valence-electron chi connectivity index (χ4n) is 1.30. The Bertz CT molecular complexity index is 272. The summed E-state index contributed by atoms with van der Waals surface area (Å²) in [6.45, 7) is 4.32. The van der Waals surface area contributed by atoms with E-state index in [9.17, 15) is 0 Å². The monoisotopic (exact) mass is 296 g/mol. The first kappa shape index (κ1) is 18.1. The van der Waals surface area contributed by atoms with E-state index in [1.165, 1.54) is 11.1 Å². The van der Waals surface area contributed by atoms with E-state index in [0.717, 1.165) is 12.8 Å². The molecule has 2 aromatic rings. The second-order valence-corrected chi connectivity index (χ2v) is 3.29. The Hall–Kier alpha value is -0.261. The van der Waals surface area contributed by atoms with Crippen molar-refractivity contribution < 1.29 is 34.1 Å². The van der Waals surface area contributed by atoms with Crippen LogP contribution in [0.5, 0.6) is 0 Å². The van der Waals surface area contributed by atoms with Gasteiger partial charge in [-0.05, 0) is 0 Å². The van der Waals surface area contributed by atoms with Crippen LogP contribution in [0.3, 0.4) is 0 Å². The molecule has 0 heterocycles. The Morgan fingerprint density at radius 3 is 1.06 bits per heavy atom. The minimum absolute atomic E-state index is 0. The number of hydrogen-bond donors (Lipinski definition) is 0. The summed E-state index contributed by atoms with van der Waals surface area (Å²) >= 11 is 0. The molecule has 0 aliphatic heterocycles. The molecule has 0 N–H and O–H groups in total. The number of rotatable bonds is 2. The molecule has 2 radical (unpaired) electrons. The van der Waals surface area contributed by atoms with Gasteiger partial charge in [0.1, 0.15) is 0 Å². The first-order chi connectivity index (χ1) is 6.86. The van der Waals surface area contributed by atoms with Gasteiger partial charge >= 0.3 is 17.1 Å². The molecule has 2 aromatic carbocycles. The standard InChI is InChI=1S/2C7H9.2Mn/c2*1-2-7-5-3-4-6-7;;/h2*3-6H,2H2,1H3;;/q2*-1;;+2. The van der Waals surface area contributed by atoms with E-state index in [1.807, 2.05) is 0 Å². The van der Waals surface area contributed by atoms with Crippen LogP contribution >= 0.6 is 0 Å². The van der Waals surface area contributed by atoms with Crippen LogP contribution in [-0.2, 0) is 47.0 Å². The van der Waals surface area contributed by atoms with Gasteiger partial charge in [0.05, 0.1) is 0 Å². The molecule has 0 aromatic heterocycles. The minimum atomic E-state index is 0. The third-order valence-corrected chi connectivity index (χ3v) is 2.28. The van der Waals surface area contributed by atoms with Crippen molar-refractivity contribution in [2.45, 2.75) is 26.7 Å². The zero-order valence-corrected chi connectivity index (χ0v) is 12.1. The molecule has 0 fully saturated rings. The van der Waals surface area contributed by atoms with Crippen LogP contribution in [0.4, 0.5) is 0 Å². The average molecular weight is 296 g/mol. The van der Waals surface area contributed by atoms with Gasteiger partial charge in [-0.3, -0.25) is 0 Å². The van der Waals surface area contributed by atoms with Crippen molar-refractivity contribution in [2.24, 2.45) is 0 Å². The maximum absolute atomic E-state index is 2.16. The molecule has 0 nitrogen and oxygen atoms in total. The first-order valence-electron chi connectivity index (χ1n) is 5.28. The van der Waals surface area contributed by atoms with Gasteiger partial charge in [0.25, 0.3) is 0 Å². The molecule has 0 unspecified atom stereocenters. The van der Waals surface area contributed by atoms with Gasteiger partial charge in [-0.1, -0.05) is 26.7 Å². The molecule has 0 bridgehead atoms. The molecule has 0 aliphatic rings. The van der Waals surface area contributed by atoms with Gasteiger partial charge < -0.3 is 0 Å². The van der Waals surface area contributed by atoms with E-state index in [4.69, 9.17) is 0 Å². The van der Waals surface area contributed by atoms with Gasteiger partial charge in [0, 0.05) is 17.1 Å². The number of aryl methyl sites for hydroxylation is 2. The maximum atomic E-state index is 2.16. The molecule has 0 spiro atoms. The molecule has 2 heteroatoms. The summed E-state index contributed by atoms with van der Waals surface area (Å²) in [6.07, 6.45) is 2.32. The molecular formula is C14H18Mn2. The normalized spacial score (nSPS) is 8.12. The van der Waals surface area contributed by atoms with Crippen molar-refractivity contribution in [3.05, 3.63) is 59.7 Å².